The number of halogens is 2. The molecule has 1 aliphatic heterocycles. The predicted octanol–water partition coefficient (Wildman–Crippen LogP) is 2.71. The van der Waals surface area contributed by atoms with Gasteiger partial charge in [0.05, 0.1) is 0 Å². The highest BCUT2D eigenvalue weighted by Crippen LogP contribution is 2.21. The molecule has 1 aromatic carbocycles. The number of aromatic nitrogens is 1. The van der Waals surface area contributed by atoms with Gasteiger partial charge in [0, 0.05) is 48.7 Å². The van der Waals surface area contributed by atoms with Crippen LogP contribution in [0.25, 0.3) is 0 Å². The lowest BCUT2D eigenvalue weighted by atomic mass is 10.2. The second-order valence-corrected chi connectivity index (χ2v) is 6.35. The van der Waals surface area contributed by atoms with Crippen LogP contribution in [0.5, 0.6) is 5.75 Å². The summed E-state index contributed by atoms with van der Waals surface area (Å²) < 4.78 is 19.6. The number of hydrogen-bond donors (Lipinski definition) is 0. The minimum Gasteiger partial charge on any atom is -0.481 e. The number of ether oxygens (including phenoxy) is 1. The fourth-order valence-electron chi connectivity index (χ4n) is 2.59. The van der Waals surface area contributed by atoms with Crippen molar-refractivity contribution in [3.63, 3.8) is 0 Å². The van der Waals surface area contributed by atoms with Crippen molar-refractivity contribution in [1.82, 2.24) is 9.88 Å². The topological polar surface area (TPSA) is 45.7 Å². The Balaban J connectivity index is 1.50. The summed E-state index contributed by atoms with van der Waals surface area (Å²) in [4.78, 5) is 20.2. The zero-order chi connectivity index (χ0) is 16.9. The van der Waals surface area contributed by atoms with E-state index < -0.39 is 5.82 Å². The van der Waals surface area contributed by atoms with Crippen molar-refractivity contribution < 1.29 is 13.9 Å². The van der Waals surface area contributed by atoms with Crippen LogP contribution >= 0.6 is 15.9 Å². The Bertz CT molecular complexity index is 706. The van der Waals surface area contributed by atoms with Crippen LogP contribution in [0, 0.1) is 5.82 Å². The van der Waals surface area contributed by atoms with E-state index in [4.69, 9.17) is 4.74 Å². The second kappa shape index (κ2) is 7.61. The summed E-state index contributed by atoms with van der Waals surface area (Å²) in [5, 5.41) is 0. The van der Waals surface area contributed by atoms with Gasteiger partial charge in [0.15, 0.2) is 18.2 Å². The molecule has 0 saturated carbocycles. The molecular formula is C17H17BrFN3O2. The molecule has 3 rings (SSSR count). The molecule has 1 amide bonds. The molecule has 0 bridgehead atoms. The number of rotatable bonds is 4. The Morgan fingerprint density at radius 3 is 2.54 bits per heavy atom. The monoisotopic (exact) mass is 393 g/mol. The molecule has 0 spiro atoms. The van der Waals surface area contributed by atoms with Crippen LogP contribution in [0.1, 0.15) is 0 Å². The smallest absolute Gasteiger partial charge is 0.260 e. The van der Waals surface area contributed by atoms with Gasteiger partial charge in [-0.1, -0.05) is 15.9 Å². The molecule has 0 N–H and O–H groups in total. The van der Waals surface area contributed by atoms with E-state index >= 15 is 0 Å². The van der Waals surface area contributed by atoms with E-state index in [0.29, 0.717) is 17.6 Å². The summed E-state index contributed by atoms with van der Waals surface area (Å²) in [5.41, 5.74) is 1.10. The maximum absolute atomic E-state index is 13.7. The van der Waals surface area contributed by atoms with Crippen molar-refractivity contribution in [2.45, 2.75) is 0 Å². The first-order valence-electron chi connectivity index (χ1n) is 7.64. The van der Waals surface area contributed by atoms with Gasteiger partial charge < -0.3 is 14.5 Å². The third kappa shape index (κ3) is 4.03. The molecule has 5 nitrogen and oxygen atoms in total. The van der Waals surface area contributed by atoms with Crippen LogP contribution in [0.3, 0.4) is 0 Å². The molecule has 0 atom stereocenters. The summed E-state index contributed by atoms with van der Waals surface area (Å²) in [6.07, 6.45) is 3.51. The highest BCUT2D eigenvalue weighted by Gasteiger charge is 2.21. The van der Waals surface area contributed by atoms with Crippen LogP contribution in [0.4, 0.5) is 10.1 Å². The fourth-order valence-corrected chi connectivity index (χ4v) is 2.93. The lowest BCUT2D eigenvalue weighted by Crippen LogP contribution is -2.50. The molecule has 1 fully saturated rings. The van der Waals surface area contributed by atoms with Crippen molar-refractivity contribution in [3.05, 3.63) is 53.0 Å². The highest BCUT2D eigenvalue weighted by atomic mass is 79.9. The SMILES string of the molecule is O=C(COc1ccc(Br)cc1F)N1CCN(c2ccncc2)CC1. The molecule has 1 saturated heterocycles. The van der Waals surface area contributed by atoms with E-state index in [1.54, 1.807) is 23.4 Å². The third-order valence-electron chi connectivity index (χ3n) is 3.91. The summed E-state index contributed by atoms with van der Waals surface area (Å²) >= 11 is 3.18. The molecular weight excluding hydrogens is 377 g/mol. The molecule has 1 aliphatic rings. The van der Waals surface area contributed by atoms with E-state index in [2.05, 4.69) is 25.8 Å². The van der Waals surface area contributed by atoms with Crippen molar-refractivity contribution in [2.75, 3.05) is 37.7 Å². The Morgan fingerprint density at radius 2 is 1.88 bits per heavy atom. The lowest BCUT2D eigenvalue weighted by molar-refractivity contribution is -0.133. The van der Waals surface area contributed by atoms with Crippen LogP contribution in [0.2, 0.25) is 0 Å². The minimum atomic E-state index is -0.486. The number of nitrogens with zero attached hydrogens (tertiary/aromatic N) is 3. The molecule has 1 aromatic heterocycles. The first-order chi connectivity index (χ1) is 11.6. The van der Waals surface area contributed by atoms with Crippen LogP contribution < -0.4 is 9.64 Å². The van der Waals surface area contributed by atoms with Crippen LogP contribution in [-0.4, -0.2) is 48.6 Å². The van der Waals surface area contributed by atoms with Gasteiger partial charge in [-0.2, -0.15) is 0 Å². The number of pyridine rings is 1. The Morgan fingerprint density at radius 1 is 1.17 bits per heavy atom. The van der Waals surface area contributed by atoms with Crippen molar-refractivity contribution in [2.24, 2.45) is 0 Å². The molecule has 2 aromatic rings. The number of anilines is 1. The Hall–Kier alpha value is -2.15. The number of amides is 1. The number of piperazine rings is 1. The van der Waals surface area contributed by atoms with E-state index in [-0.39, 0.29) is 18.3 Å². The number of benzene rings is 1. The molecule has 2 heterocycles. The van der Waals surface area contributed by atoms with Crippen molar-refractivity contribution in [1.29, 1.82) is 0 Å². The first kappa shape index (κ1) is 16.7. The largest absolute Gasteiger partial charge is 0.481 e. The average Bonchev–Trinajstić information content (AvgIpc) is 2.62. The molecule has 0 unspecified atom stereocenters. The zero-order valence-electron chi connectivity index (χ0n) is 13.0. The maximum atomic E-state index is 13.7. The second-order valence-electron chi connectivity index (χ2n) is 5.44. The lowest BCUT2D eigenvalue weighted by Gasteiger charge is -2.36. The maximum Gasteiger partial charge on any atom is 0.260 e. The Kier molecular flexibility index (Phi) is 5.30. The zero-order valence-corrected chi connectivity index (χ0v) is 14.6. The third-order valence-corrected chi connectivity index (χ3v) is 4.40. The molecule has 24 heavy (non-hydrogen) atoms. The minimum absolute atomic E-state index is 0.0852. The molecule has 126 valence electrons. The van der Waals surface area contributed by atoms with Gasteiger partial charge >= 0.3 is 0 Å². The van der Waals surface area contributed by atoms with Gasteiger partial charge in [-0.15, -0.1) is 0 Å². The van der Waals surface area contributed by atoms with Crippen molar-refractivity contribution in [3.8, 4) is 5.75 Å². The molecule has 0 aliphatic carbocycles. The predicted molar refractivity (Wildman–Crippen MR) is 92.6 cm³/mol. The fraction of sp³-hybridized carbons (Fsp3) is 0.294. The van der Waals surface area contributed by atoms with Crippen LogP contribution in [-0.2, 0) is 4.79 Å². The van der Waals surface area contributed by atoms with E-state index in [0.717, 1.165) is 18.8 Å². The van der Waals surface area contributed by atoms with Gasteiger partial charge in [-0.25, -0.2) is 4.39 Å². The Labute approximate surface area is 148 Å². The van der Waals surface area contributed by atoms with Gasteiger partial charge in [-0.05, 0) is 30.3 Å². The highest BCUT2D eigenvalue weighted by molar-refractivity contribution is 9.10. The van der Waals surface area contributed by atoms with Gasteiger partial charge in [0.2, 0.25) is 0 Å². The summed E-state index contributed by atoms with van der Waals surface area (Å²) in [6, 6.07) is 8.41. The standard InChI is InChI=1S/C17H17BrFN3O2/c18-13-1-2-16(15(19)11-13)24-12-17(23)22-9-7-21(8-10-22)14-3-5-20-6-4-14/h1-6,11H,7-10,12H2. The normalized spacial score (nSPS) is 14.6. The quantitative estimate of drug-likeness (QED) is 0.800. The molecule has 0 radical (unpaired) electrons. The summed E-state index contributed by atoms with van der Waals surface area (Å²) in [5.74, 6) is -0.534. The van der Waals surface area contributed by atoms with Gasteiger partial charge in [0.25, 0.3) is 5.91 Å². The van der Waals surface area contributed by atoms with E-state index in [1.165, 1.54) is 12.1 Å². The van der Waals surface area contributed by atoms with Crippen molar-refractivity contribution >= 4 is 27.5 Å². The average molecular weight is 394 g/mol. The van der Waals surface area contributed by atoms with E-state index in [9.17, 15) is 9.18 Å². The van der Waals surface area contributed by atoms with Gasteiger partial charge in [0.1, 0.15) is 0 Å². The number of carbonyl (C=O) groups is 1. The van der Waals surface area contributed by atoms with Gasteiger partial charge in [-0.3, -0.25) is 9.78 Å². The van der Waals surface area contributed by atoms with E-state index in [1.807, 2.05) is 12.1 Å². The number of carbonyl (C=O) groups excluding carboxylic acids is 1. The first-order valence-corrected chi connectivity index (χ1v) is 8.43. The summed E-state index contributed by atoms with van der Waals surface area (Å²) in [7, 11) is 0. The number of hydrogen-bond acceptors (Lipinski definition) is 4. The summed E-state index contributed by atoms with van der Waals surface area (Å²) in [6.45, 7) is 2.58. The molecule has 7 heteroatoms. The van der Waals surface area contributed by atoms with Crippen LogP contribution in [0.15, 0.2) is 47.2 Å².